The SMILES string of the molecule is O=C(O)[C@H](Cc1ccccc1)NS(=O)(=O)NCc1ccccc1. The molecule has 0 aromatic heterocycles. The Balaban J connectivity index is 1.99. The summed E-state index contributed by atoms with van der Waals surface area (Å²) in [6.07, 6.45) is 0.0718. The van der Waals surface area contributed by atoms with Crippen molar-refractivity contribution in [2.24, 2.45) is 0 Å². The molecule has 0 fully saturated rings. The van der Waals surface area contributed by atoms with Crippen molar-refractivity contribution in [2.45, 2.75) is 19.0 Å². The normalized spacial score (nSPS) is 12.7. The summed E-state index contributed by atoms with van der Waals surface area (Å²) in [7, 11) is -3.92. The smallest absolute Gasteiger partial charge is 0.322 e. The van der Waals surface area contributed by atoms with Crippen LogP contribution in [0.5, 0.6) is 0 Å². The molecule has 6 nitrogen and oxygen atoms in total. The van der Waals surface area contributed by atoms with Gasteiger partial charge in [-0.25, -0.2) is 0 Å². The number of benzene rings is 2. The monoisotopic (exact) mass is 334 g/mol. The first-order valence-electron chi connectivity index (χ1n) is 7.04. The van der Waals surface area contributed by atoms with Gasteiger partial charge in [-0.1, -0.05) is 60.7 Å². The molecule has 0 aliphatic rings. The molecule has 0 aliphatic carbocycles. The first-order chi connectivity index (χ1) is 11.0. The molecule has 1 atom stereocenters. The summed E-state index contributed by atoms with van der Waals surface area (Å²) >= 11 is 0. The van der Waals surface area contributed by atoms with Gasteiger partial charge < -0.3 is 5.11 Å². The zero-order chi connectivity index (χ0) is 16.7. The Labute approximate surface area is 135 Å². The number of rotatable bonds is 8. The lowest BCUT2D eigenvalue weighted by atomic mass is 10.1. The van der Waals surface area contributed by atoms with Crippen LogP contribution in [0.1, 0.15) is 11.1 Å². The third-order valence-electron chi connectivity index (χ3n) is 3.19. The third-order valence-corrected chi connectivity index (χ3v) is 4.31. The minimum Gasteiger partial charge on any atom is -0.480 e. The first kappa shape index (κ1) is 17.1. The number of hydrogen-bond donors (Lipinski definition) is 3. The summed E-state index contributed by atoms with van der Waals surface area (Å²) in [5.41, 5.74) is 1.53. The highest BCUT2D eigenvalue weighted by atomic mass is 32.2. The van der Waals surface area contributed by atoms with Gasteiger partial charge in [0.2, 0.25) is 0 Å². The van der Waals surface area contributed by atoms with Crippen LogP contribution in [0.2, 0.25) is 0 Å². The van der Waals surface area contributed by atoms with Gasteiger partial charge in [0, 0.05) is 6.54 Å². The maximum absolute atomic E-state index is 12.0. The summed E-state index contributed by atoms with van der Waals surface area (Å²) < 4.78 is 28.6. The fraction of sp³-hybridized carbons (Fsp3) is 0.188. The zero-order valence-electron chi connectivity index (χ0n) is 12.3. The maximum Gasteiger partial charge on any atom is 0.322 e. The van der Waals surface area contributed by atoms with Crippen molar-refractivity contribution < 1.29 is 18.3 Å². The molecule has 0 spiro atoms. The van der Waals surface area contributed by atoms with Crippen molar-refractivity contribution in [3.05, 3.63) is 71.8 Å². The highest BCUT2D eigenvalue weighted by Gasteiger charge is 2.24. The van der Waals surface area contributed by atoms with E-state index >= 15 is 0 Å². The number of aliphatic carboxylic acids is 1. The number of carbonyl (C=O) groups is 1. The van der Waals surface area contributed by atoms with Crippen LogP contribution in [0.3, 0.4) is 0 Å². The molecule has 122 valence electrons. The molecule has 0 radical (unpaired) electrons. The molecule has 0 aliphatic heterocycles. The molecule has 23 heavy (non-hydrogen) atoms. The van der Waals surface area contributed by atoms with E-state index in [1.54, 1.807) is 48.5 Å². The minimum atomic E-state index is -3.92. The van der Waals surface area contributed by atoms with Crippen LogP contribution in [0.4, 0.5) is 0 Å². The van der Waals surface area contributed by atoms with Crippen molar-refractivity contribution in [2.75, 3.05) is 0 Å². The van der Waals surface area contributed by atoms with Gasteiger partial charge >= 0.3 is 5.97 Å². The molecule has 2 aromatic carbocycles. The fourth-order valence-electron chi connectivity index (χ4n) is 2.03. The first-order valence-corrected chi connectivity index (χ1v) is 8.52. The summed E-state index contributed by atoms with van der Waals surface area (Å²) in [6.45, 7) is 0.0911. The van der Waals surface area contributed by atoms with Crippen LogP contribution in [0.25, 0.3) is 0 Å². The molecule has 0 bridgehead atoms. The molecule has 3 N–H and O–H groups in total. The standard InChI is InChI=1S/C16H18N2O4S/c19-16(20)15(11-13-7-3-1-4-8-13)18-23(21,22)17-12-14-9-5-2-6-10-14/h1-10,15,17-18H,11-12H2,(H,19,20)/t15-/m0/s1. The van der Waals surface area contributed by atoms with Crippen molar-refractivity contribution in [3.63, 3.8) is 0 Å². The molecule has 2 aromatic rings. The Bertz CT molecular complexity index is 733. The van der Waals surface area contributed by atoms with Gasteiger partial charge in [0.1, 0.15) is 6.04 Å². The van der Waals surface area contributed by atoms with Crippen LogP contribution >= 0.6 is 0 Å². The van der Waals surface area contributed by atoms with Crippen LogP contribution in [-0.4, -0.2) is 25.5 Å². The van der Waals surface area contributed by atoms with E-state index in [2.05, 4.69) is 9.44 Å². The van der Waals surface area contributed by atoms with Crippen molar-refractivity contribution in [1.82, 2.24) is 9.44 Å². The van der Waals surface area contributed by atoms with Gasteiger partial charge in [0.15, 0.2) is 0 Å². The van der Waals surface area contributed by atoms with E-state index in [0.717, 1.165) is 11.1 Å². The topological polar surface area (TPSA) is 95.5 Å². The van der Waals surface area contributed by atoms with Gasteiger partial charge in [-0.05, 0) is 17.5 Å². The summed E-state index contributed by atoms with van der Waals surface area (Å²) in [6, 6.07) is 16.6. The highest BCUT2D eigenvalue weighted by molar-refractivity contribution is 7.87. The second-order valence-corrected chi connectivity index (χ2v) is 6.54. The van der Waals surface area contributed by atoms with Gasteiger partial charge in [0.25, 0.3) is 10.2 Å². The lowest BCUT2D eigenvalue weighted by molar-refractivity contribution is -0.138. The van der Waals surface area contributed by atoms with Gasteiger partial charge in [-0.3, -0.25) is 4.79 Å². The van der Waals surface area contributed by atoms with Crippen molar-refractivity contribution in [3.8, 4) is 0 Å². The average molecular weight is 334 g/mol. The second kappa shape index (κ2) is 7.87. The molecule has 7 heteroatoms. The largest absolute Gasteiger partial charge is 0.480 e. The highest BCUT2D eigenvalue weighted by Crippen LogP contribution is 2.05. The van der Waals surface area contributed by atoms with Crippen molar-refractivity contribution in [1.29, 1.82) is 0 Å². The van der Waals surface area contributed by atoms with E-state index in [9.17, 15) is 18.3 Å². The summed E-state index contributed by atoms with van der Waals surface area (Å²) in [5.74, 6) is -1.22. The van der Waals surface area contributed by atoms with Crippen molar-refractivity contribution >= 4 is 16.2 Å². The average Bonchev–Trinajstić information content (AvgIpc) is 2.54. The molecule has 0 saturated carbocycles. The molecular formula is C16H18N2O4S. The molecule has 0 heterocycles. The molecule has 0 saturated heterocycles. The Hall–Kier alpha value is -2.22. The predicted octanol–water partition coefficient (Wildman–Crippen LogP) is 1.31. The number of carboxylic acid groups (broad SMARTS) is 1. The Morgan fingerprint density at radius 3 is 2.00 bits per heavy atom. The Morgan fingerprint density at radius 1 is 0.957 bits per heavy atom. The Morgan fingerprint density at radius 2 is 1.48 bits per heavy atom. The number of carboxylic acids is 1. The maximum atomic E-state index is 12.0. The lowest BCUT2D eigenvalue weighted by Crippen LogP contribution is -2.47. The van der Waals surface area contributed by atoms with E-state index in [1.807, 2.05) is 12.1 Å². The lowest BCUT2D eigenvalue weighted by Gasteiger charge is -2.15. The zero-order valence-corrected chi connectivity index (χ0v) is 13.2. The fourth-order valence-corrected chi connectivity index (χ4v) is 3.03. The van der Waals surface area contributed by atoms with Gasteiger partial charge in [0.05, 0.1) is 0 Å². The second-order valence-electron chi connectivity index (χ2n) is 5.01. The van der Waals surface area contributed by atoms with E-state index < -0.39 is 22.2 Å². The molecular weight excluding hydrogens is 316 g/mol. The van der Waals surface area contributed by atoms with Gasteiger partial charge in [-0.15, -0.1) is 0 Å². The van der Waals surface area contributed by atoms with Crippen LogP contribution in [0, 0.1) is 0 Å². The minimum absolute atomic E-state index is 0.0718. The van der Waals surface area contributed by atoms with E-state index in [-0.39, 0.29) is 13.0 Å². The van der Waals surface area contributed by atoms with Crippen LogP contribution < -0.4 is 9.44 Å². The van der Waals surface area contributed by atoms with Crippen LogP contribution in [-0.2, 0) is 28.0 Å². The predicted molar refractivity (Wildman–Crippen MR) is 86.9 cm³/mol. The van der Waals surface area contributed by atoms with Crippen LogP contribution in [0.15, 0.2) is 60.7 Å². The van der Waals surface area contributed by atoms with E-state index in [4.69, 9.17) is 0 Å². The van der Waals surface area contributed by atoms with Gasteiger partial charge in [-0.2, -0.15) is 17.9 Å². The third kappa shape index (κ3) is 5.82. The molecule has 0 amide bonds. The number of nitrogens with one attached hydrogen (secondary N) is 2. The summed E-state index contributed by atoms with van der Waals surface area (Å²) in [5, 5.41) is 9.23. The van der Waals surface area contributed by atoms with E-state index in [0.29, 0.717) is 0 Å². The summed E-state index contributed by atoms with van der Waals surface area (Å²) in [4.78, 5) is 11.3. The Kier molecular flexibility index (Phi) is 5.86. The van der Waals surface area contributed by atoms with E-state index in [1.165, 1.54) is 0 Å². The molecule has 0 unspecified atom stereocenters. The molecule has 2 rings (SSSR count). The number of hydrogen-bond acceptors (Lipinski definition) is 3. The quantitative estimate of drug-likeness (QED) is 0.678.